The number of hydrogen-bond donors (Lipinski definition) is 0. The molecule has 0 radical (unpaired) electrons. The van der Waals surface area contributed by atoms with Crippen LogP contribution in [0.2, 0.25) is 19.6 Å². The number of aromatic nitrogens is 3. The Bertz CT molecular complexity index is 1680. The standard InChI is InChI=1S/C36H31N3Si/c1-40(2,3)31-24-22-27(23-25-31)33-17-11-10-16-32(33)26-18-20-30(21-19-26)36-38-34(28-12-6-4-7-13-28)37-35(39-36)29-14-8-5-9-15-29/h4-25H,1-3H3. The third-order valence-electron chi connectivity index (χ3n) is 7.14. The lowest BCUT2D eigenvalue weighted by molar-refractivity contribution is 1.07. The molecule has 40 heavy (non-hydrogen) atoms. The normalized spacial score (nSPS) is 11.4. The average molecular weight is 534 g/mol. The van der Waals surface area contributed by atoms with E-state index in [1.165, 1.54) is 21.9 Å². The minimum atomic E-state index is -1.34. The number of nitrogens with zero attached hydrogens (tertiary/aromatic N) is 3. The van der Waals surface area contributed by atoms with Gasteiger partial charge in [0.15, 0.2) is 17.5 Å². The summed E-state index contributed by atoms with van der Waals surface area (Å²) in [5.41, 5.74) is 7.73. The fourth-order valence-corrected chi connectivity index (χ4v) is 6.04. The molecule has 1 heterocycles. The van der Waals surface area contributed by atoms with Crippen molar-refractivity contribution in [1.82, 2.24) is 15.0 Å². The minimum absolute atomic E-state index is 0.662. The van der Waals surface area contributed by atoms with Crippen LogP contribution in [-0.4, -0.2) is 23.0 Å². The second-order valence-corrected chi connectivity index (χ2v) is 16.1. The molecule has 0 spiro atoms. The van der Waals surface area contributed by atoms with Gasteiger partial charge < -0.3 is 0 Å². The van der Waals surface area contributed by atoms with Gasteiger partial charge in [-0.1, -0.05) is 158 Å². The molecular formula is C36H31N3Si. The van der Waals surface area contributed by atoms with Crippen molar-refractivity contribution in [2.75, 3.05) is 0 Å². The number of benzene rings is 5. The van der Waals surface area contributed by atoms with Crippen molar-refractivity contribution < 1.29 is 0 Å². The van der Waals surface area contributed by atoms with Gasteiger partial charge in [0.1, 0.15) is 0 Å². The van der Waals surface area contributed by atoms with E-state index in [0.29, 0.717) is 17.5 Å². The van der Waals surface area contributed by atoms with Crippen LogP contribution in [0, 0.1) is 0 Å². The first-order valence-electron chi connectivity index (χ1n) is 13.6. The summed E-state index contributed by atoms with van der Waals surface area (Å²) in [5, 5.41) is 1.47. The molecule has 0 atom stereocenters. The second-order valence-electron chi connectivity index (χ2n) is 11.0. The van der Waals surface area contributed by atoms with Crippen molar-refractivity contribution in [3.63, 3.8) is 0 Å². The predicted octanol–water partition coefficient (Wildman–Crippen LogP) is 8.75. The molecule has 0 amide bonds. The monoisotopic (exact) mass is 533 g/mol. The molecule has 194 valence electrons. The van der Waals surface area contributed by atoms with Gasteiger partial charge in [-0.2, -0.15) is 0 Å². The first-order chi connectivity index (χ1) is 19.5. The maximum Gasteiger partial charge on any atom is 0.164 e. The molecule has 3 nitrogen and oxygen atoms in total. The van der Waals surface area contributed by atoms with Crippen LogP contribution >= 0.6 is 0 Å². The average Bonchev–Trinajstić information content (AvgIpc) is 3.01. The summed E-state index contributed by atoms with van der Waals surface area (Å²) in [6.45, 7) is 7.15. The maximum absolute atomic E-state index is 4.88. The summed E-state index contributed by atoms with van der Waals surface area (Å²) in [4.78, 5) is 14.6. The Morgan fingerprint density at radius 2 is 0.675 bits per heavy atom. The summed E-state index contributed by atoms with van der Waals surface area (Å²) in [6.07, 6.45) is 0. The molecule has 0 saturated heterocycles. The molecule has 0 aliphatic rings. The zero-order valence-corrected chi connectivity index (χ0v) is 24.0. The first-order valence-corrected chi connectivity index (χ1v) is 17.1. The van der Waals surface area contributed by atoms with Crippen LogP contribution in [0.5, 0.6) is 0 Å². The highest BCUT2D eigenvalue weighted by molar-refractivity contribution is 6.88. The van der Waals surface area contributed by atoms with E-state index >= 15 is 0 Å². The SMILES string of the molecule is C[Si](C)(C)c1ccc(-c2ccccc2-c2ccc(-c3nc(-c4ccccc4)nc(-c4ccccc4)n3)cc2)cc1. The van der Waals surface area contributed by atoms with E-state index in [2.05, 4.69) is 92.4 Å². The molecule has 1 aromatic heterocycles. The highest BCUT2D eigenvalue weighted by Crippen LogP contribution is 2.33. The van der Waals surface area contributed by atoms with Gasteiger partial charge in [-0.15, -0.1) is 0 Å². The summed E-state index contributed by atoms with van der Waals surface area (Å²) in [6, 6.07) is 46.5. The Morgan fingerprint density at radius 3 is 1.07 bits per heavy atom. The zero-order valence-electron chi connectivity index (χ0n) is 23.0. The van der Waals surface area contributed by atoms with Gasteiger partial charge >= 0.3 is 0 Å². The quantitative estimate of drug-likeness (QED) is 0.201. The van der Waals surface area contributed by atoms with Crippen LogP contribution in [0.15, 0.2) is 133 Å². The lowest BCUT2D eigenvalue weighted by atomic mass is 9.94. The Morgan fingerprint density at radius 1 is 0.350 bits per heavy atom. The predicted molar refractivity (Wildman–Crippen MR) is 170 cm³/mol. The van der Waals surface area contributed by atoms with E-state index in [1.54, 1.807) is 0 Å². The van der Waals surface area contributed by atoms with Gasteiger partial charge in [0.05, 0.1) is 8.07 Å². The molecule has 6 rings (SSSR count). The summed E-state index contributed by atoms with van der Waals surface area (Å²) in [7, 11) is -1.34. The van der Waals surface area contributed by atoms with Crippen molar-refractivity contribution in [1.29, 1.82) is 0 Å². The van der Waals surface area contributed by atoms with Crippen molar-refractivity contribution in [2.24, 2.45) is 0 Å². The minimum Gasteiger partial charge on any atom is -0.208 e. The van der Waals surface area contributed by atoms with Gasteiger partial charge in [-0.25, -0.2) is 15.0 Å². The van der Waals surface area contributed by atoms with Crippen molar-refractivity contribution in [3.8, 4) is 56.4 Å². The Hall–Kier alpha value is -4.67. The van der Waals surface area contributed by atoms with Crippen LogP contribution in [0.4, 0.5) is 0 Å². The van der Waals surface area contributed by atoms with E-state index in [1.807, 2.05) is 60.7 Å². The van der Waals surface area contributed by atoms with Crippen molar-refractivity contribution in [3.05, 3.63) is 133 Å². The van der Waals surface area contributed by atoms with Crippen LogP contribution in [0.3, 0.4) is 0 Å². The van der Waals surface area contributed by atoms with E-state index in [-0.39, 0.29) is 0 Å². The topological polar surface area (TPSA) is 38.7 Å². The molecule has 6 aromatic rings. The highest BCUT2D eigenvalue weighted by atomic mass is 28.3. The fraction of sp³-hybridized carbons (Fsp3) is 0.0833. The third-order valence-corrected chi connectivity index (χ3v) is 9.21. The molecular weight excluding hydrogens is 503 g/mol. The van der Waals surface area contributed by atoms with E-state index < -0.39 is 8.07 Å². The molecule has 0 aliphatic carbocycles. The maximum atomic E-state index is 4.88. The lowest BCUT2D eigenvalue weighted by Crippen LogP contribution is -2.37. The van der Waals surface area contributed by atoms with Gasteiger partial charge in [0.2, 0.25) is 0 Å². The van der Waals surface area contributed by atoms with Crippen LogP contribution in [0.1, 0.15) is 0 Å². The van der Waals surface area contributed by atoms with E-state index in [9.17, 15) is 0 Å². The first kappa shape index (κ1) is 25.6. The Kier molecular flexibility index (Phi) is 6.93. The number of hydrogen-bond acceptors (Lipinski definition) is 3. The molecule has 4 heteroatoms. The van der Waals surface area contributed by atoms with Crippen LogP contribution in [0.25, 0.3) is 56.4 Å². The lowest BCUT2D eigenvalue weighted by Gasteiger charge is -2.17. The molecule has 0 bridgehead atoms. The largest absolute Gasteiger partial charge is 0.208 e. The second kappa shape index (κ2) is 10.8. The van der Waals surface area contributed by atoms with Crippen LogP contribution < -0.4 is 5.19 Å². The molecule has 0 unspecified atom stereocenters. The fourth-order valence-electron chi connectivity index (χ4n) is 4.87. The van der Waals surface area contributed by atoms with Crippen molar-refractivity contribution >= 4 is 13.3 Å². The van der Waals surface area contributed by atoms with Gasteiger partial charge in [0.25, 0.3) is 0 Å². The van der Waals surface area contributed by atoms with E-state index in [4.69, 9.17) is 15.0 Å². The summed E-state index contributed by atoms with van der Waals surface area (Å²) < 4.78 is 0. The highest BCUT2D eigenvalue weighted by Gasteiger charge is 2.17. The zero-order chi connectivity index (χ0) is 27.5. The molecule has 0 saturated carbocycles. The van der Waals surface area contributed by atoms with Crippen LogP contribution in [-0.2, 0) is 0 Å². The summed E-state index contributed by atoms with van der Waals surface area (Å²) in [5.74, 6) is 2.00. The molecule has 0 N–H and O–H groups in total. The van der Waals surface area contributed by atoms with E-state index in [0.717, 1.165) is 22.3 Å². The van der Waals surface area contributed by atoms with Crippen molar-refractivity contribution in [2.45, 2.75) is 19.6 Å². The smallest absolute Gasteiger partial charge is 0.164 e. The third kappa shape index (κ3) is 5.40. The summed E-state index contributed by atoms with van der Waals surface area (Å²) >= 11 is 0. The Balaban J connectivity index is 1.38. The molecule has 0 aliphatic heterocycles. The number of rotatable bonds is 6. The molecule has 5 aromatic carbocycles. The van der Waals surface area contributed by atoms with Gasteiger partial charge in [0, 0.05) is 16.7 Å². The Labute approximate surface area is 237 Å². The molecule has 0 fully saturated rings. The van der Waals surface area contributed by atoms with Gasteiger partial charge in [-0.05, 0) is 22.3 Å². The van der Waals surface area contributed by atoms with Gasteiger partial charge in [-0.3, -0.25) is 0 Å².